The first kappa shape index (κ1) is 17.9. The molecule has 0 aromatic heterocycles. The van der Waals surface area contributed by atoms with Crippen LogP contribution < -0.4 is 15.5 Å². The maximum absolute atomic E-state index is 13.2. The van der Waals surface area contributed by atoms with E-state index in [1.165, 1.54) is 4.90 Å². The van der Waals surface area contributed by atoms with Crippen LogP contribution in [-0.2, 0) is 20.8 Å². The average molecular weight is 377 g/mol. The lowest BCUT2D eigenvalue weighted by Gasteiger charge is -2.39. The zero-order valence-electron chi connectivity index (χ0n) is 15.1. The molecule has 0 bridgehead atoms. The van der Waals surface area contributed by atoms with Gasteiger partial charge in [0.2, 0.25) is 11.8 Å². The molecule has 2 atom stereocenters. The molecule has 2 N–H and O–H groups in total. The van der Waals surface area contributed by atoms with E-state index in [1.54, 1.807) is 36.4 Å². The average Bonchev–Trinajstić information content (AvgIpc) is 2.70. The van der Waals surface area contributed by atoms with Gasteiger partial charge >= 0.3 is 0 Å². The van der Waals surface area contributed by atoms with Gasteiger partial charge in [-0.3, -0.25) is 29.4 Å². The van der Waals surface area contributed by atoms with Crippen molar-refractivity contribution in [3.05, 3.63) is 65.7 Å². The molecule has 142 valence electrons. The van der Waals surface area contributed by atoms with E-state index in [9.17, 15) is 19.2 Å². The number of imide groups is 1. The summed E-state index contributed by atoms with van der Waals surface area (Å²) in [5, 5.41) is 5.09. The van der Waals surface area contributed by atoms with Crippen LogP contribution in [0, 0.1) is 0 Å². The van der Waals surface area contributed by atoms with Crippen molar-refractivity contribution in [1.82, 2.24) is 10.6 Å². The van der Waals surface area contributed by atoms with Gasteiger partial charge in [0.1, 0.15) is 12.1 Å². The van der Waals surface area contributed by atoms with Crippen LogP contribution in [0.5, 0.6) is 0 Å². The van der Waals surface area contributed by atoms with Gasteiger partial charge in [0.05, 0.1) is 0 Å². The molecule has 4 rings (SSSR count). The first-order chi connectivity index (χ1) is 13.5. The molecule has 7 heteroatoms. The fraction of sp³-hybridized carbons (Fsp3) is 0.238. The highest BCUT2D eigenvalue weighted by molar-refractivity contribution is 6.10. The monoisotopic (exact) mass is 377 g/mol. The molecule has 0 radical (unpaired) electrons. The smallest absolute Gasteiger partial charge is 0.251 e. The minimum atomic E-state index is -0.784. The van der Waals surface area contributed by atoms with E-state index in [1.807, 2.05) is 18.2 Å². The Balaban J connectivity index is 1.64. The van der Waals surface area contributed by atoms with Gasteiger partial charge in [-0.05, 0) is 30.2 Å². The van der Waals surface area contributed by atoms with Gasteiger partial charge in [0, 0.05) is 24.1 Å². The number of hydrogen-bond donors (Lipinski definition) is 2. The Labute approximate surface area is 161 Å². The molecular weight excluding hydrogens is 358 g/mol. The lowest BCUT2D eigenvalue weighted by Crippen LogP contribution is -2.61. The molecule has 0 spiro atoms. The zero-order valence-corrected chi connectivity index (χ0v) is 15.1. The normalized spacial score (nSPS) is 21.7. The summed E-state index contributed by atoms with van der Waals surface area (Å²) < 4.78 is 0. The highest BCUT2D eigenvalue weighted by Gasteiger charge is 2.42. The Kier molecular flexibility index (Phi) is 4.65. The minimum absolute atomic E-state index is 0.170. The number of hydrogen-bond acceptors (Lipinski definition) is 4. The first-order valence-corrected chi connectivity index (χ1v) is 9.15. The van der Waals surface area contributed by atoms with Crippen LogP contribution in [0.4, 0.5) is 5.69 Å². The van der Waals surface area contributed by atoms with E-state index in [2.05, 4.69) is 10.6 Å². The number of benzene rings is 2. The second kappa shape index (κ2) is 7.26. The summed E-state index contributed by atoms with van der Waals surface area (Å²) >= 11 is 0. The lowest BCUT2D eigenvalue weighted by molar-refractivity contribution is -0.136. The summed E-state index contributed by atoms with van der Waals surface area (Å²) in [4.78, 5) is 51.1. The lowest BCUT2D eigenvalue weighted by atomic mass is 9.93. The van der Waals surface area contributed by atoms with Crippen molar-refractivity contribution >= 4 is 29.3 Å². The molecule has 2 aromatic carbocycles. The number of piperidine rings is 1. The van der Waals surface area contributed by atoms with Crippen LogP contribution in [0.1, 0.15) is 28.8 Å². The molecule has 1 saturated heterocycles. The molecule has 2 aliphatic heterocycles. The summed E-state index contributed by atoms with van der Waals surface area (Å²) in [6.07, 6.45) is 0.769. The van der Waals surface area contributed by atoms with Crippen LogP contribution in [0.2, 0.25) is 0 Å². The molecule has 1 fully saturated rings. The number of carbonyl (C=O) groups excluding carboxylic acids is 4. The van der Waals surface area contributed by atoms with Crippen LogP contribution in [0.25, 0.3) is 0 Å². The van der Waals surface area contributed by atoms with E-state index in [0.717, 1.165) is 5.56 Å². The Hall–Kier alpha value is -3.48. The van der Waals surface area contributed by atoms with Gasteiger partial charge < -0.3 is 5.32 Å². The second-order valence-corrected chi connectivity index (χ2v) is 6.90. The molecule has 0 saturated carbocycles. The summed E-state index contributed by atoms with van der Waals surface area (Å²) in [6.45, 7) is 0. The second-order valence-electron chi connectivity index (χ2n) is 6.90. The quantitative estimate of drug-likeness (QED) is 0.785. The van der Waals surface area contributed by atoms with E-state index >= 15 is 0 Å². The highest BCUT2D eigenvalue weighted by Crippen LogP contribution is 2.31. The number of para-hydroxylation sites is 1. The maximum atomic E-state index is 13.2. The van der Waals surface area contributed by atoms with Gasteiger partial charge in [-0.1, -0.05) is 36.4 Å². The summed E-state index contributed by atoms with van der Waals surface area (Å²) in [7, 11) is 0. The van der Waals surface area contributed by atoms with E-state index in [4.69, 9.17) is 0 Å². The number of nitrogens with zero attached hydrogens (tertiary/aromatic N) is 1. The number of nitrogens with one attached hydrogen (secondary N) is 2. The fourth-order valence-corrected chi connectivity index (χ4v) is 3.71. The van der Waals surface area contributed by atoms with Gasteiger partial charge in [-0.15, -0.1) is 0 Å². The predicted molar refractivity (Wildman–Crippen MR) is 101 cm³/mol. The van der Waals surface area contributed by atoms with E-state index in [0.29, 0.717) is 17.7 Å². The maximum Gasteiger partial charge on any atom is 0.251 e. The van der Waals surface area contributed by atoms with E-state index in [-0.39, 0.29) is 30.6 Å². The van der Waals surface area contributed by atoms with Crippen molar-refractivity contribution in [2.45, 2.75) is 31.3 Å². The van der Waals surface area contributed by atoms with Crippen LogP contribution >= 0.6 is 0 Å². The van der Waals surface area contributed by atoms with Crippen molar-refractivity contribution in [3.8, 4) is 0 Å². The van der Waals surface area contributed by atoms with Gasteiger partial charge in [-0.25, -0.2) is 0 Å². The summed E-state index contributed by atoms with van der Waals surface area (Å²) in [5.74, 6) is -1.53. The molecule has 28 heavy (non-hydrogen) atoms. The van der Waals surface area contributed by atoms with Crippen LogP contribution in [0.3, 0.4) is 0 Å². The number of fused-ring (bicyclic) bond motifs is 1. The molecular formula is C21H19N3O4. The van der Waals surface area contributed by atoms with Crippen molar-refractivity contribution < 1.29 is 19.2 Å². The number of amides is 4. The summed E-state index contributed by atoms with van der Waals surface area (Å²) in [6, 6.07) is 14.4. The molecule has 4 amide bonds. The molecule has 2 aliphatic rings. The molecule has 2 unspecified atom stereocenters. The minimum Gasteiger partial charge on any atom is -0.340 e. The first-order valence-electron chi connectivity index (χ1n) is 9.15. The van der Waals surface area contributed by atoms with Crippen LogP contribution in [0.15, 0.2) is 54.6 Å². The Morgan fingerprint density at radius 2 is 1.71 bits per heavy atom. The Morgan fingerprint density at radius 1 is 1.00 bits per heavy atom. The Bertz CT molecular complexity index is 957. The van der Waals surface area contributed by atoms with E-state index < -0.39 is 18.0 Å². The third kappa shape index (κ3) is 3.26. The third-order valence-corrected chi connectivity index (χ3v) is 5.07. The standard InChI is InChI=1S/C21H19N3O4/c25-18-11-10-17(20(27)23-18)24-16-9-5-4-8-14(16)12-15(21(24)28)22-19(26)13-6-2-1-3-7-13/h1-9,15,17H,10-12H2,(H,22,26)(H,23,25,27). The number of anilines is 1. The van der Waals surface area contributed by atoms with Gasteiger partial charge in [0.15, 0.2) is 0 Å². The molecule has 2 heterocycles. The summed E-state index contributed by atoms with van der Waals surface area (Å²) in [5.41, 5.74) is 1.97. The third-order valence-electron chi connectivity index (χ3n) is 5.07. The Morgan fingerprint density at radius 3 is 2.46 bits per heavy atom. The fourth-order valence-electron chi connectivity index (χ4n) is 3.71. The van der Waals surface area contributed by atoms with Gasteiger partial charge in [0.25, 0.3) is 11.8 Å². The van der Waals surface area contributed by atoms with Gasteiger partial charge in [-0.2, -0.15) is 0 Å². The molecule has 2 aromatic rings. The largest absolute Gasteiger partial charge is 0.340 e. The van der Waals surface area contributed by atoms with Crippen molar-refractivity contribution in [1.29, 1.82) is 0 Å². The molecule has 7 nitrogen and oxygen atoms in total. The molecule has 0 aliphatic carbocycles. The highest BCUT2D eigenvalue weighted by atomic mass is 16.2. The zero-order chi connectivity index (χ0) is 19.7. The van der Waals surface area contributed by atoms with Crippen molar-refractivity contribution in [3.63, 3.8) is 0 Å². The van der Waals surface area contributed by atoms with Crippen molar-refractivity contribution in [2.24, 2.45) is 0 Å². The SMILES string of the molecule is O=C1CCC(N2C(=O)C(NC(=O)c3ccccc3)Cc3ccccc32)C(=O)N1. The number of carbonyl (C=O) groups is 4. The van der Waals surface area contributed by atoms with Crippen molar-refractivity contribution in [2.75, 3.05) is 4.90 Å². The predicted octanol–water partition coefficient (Wildman–Crippen LogP) is 1.18. The topological polar surface area (TPSA) is 95.6 Å². The number of rotatable bonds is 3. The van der Waals surface area contributed by atoms with Crippen LogP contribution in [-0.4, -0.2) is 35.7 Å².